The Morgan fingerprint density at radius 2 is 2.25 bits per heavy atom. The van der Waals surface area contributed by atoms with Crippen molar-refractivity contribution in [1.82, 2.24) is 9.88 Å². The molecule has 2 aromatic rings. The third-order valence-corrected chi connectivity index (χ3v) is 4.41. The number of rotatable bonds is 3. The second-order valence-electron chi connectivity index (χ2n) is 5.58. The normalized spacial score (nSPS) is 19.9. The fraction of sp³-hybridized carbons (Fsp3) is 0.438. The molecule has 0 saturated carbocycles. The molecule has 3 rings (SSSR count). The first kappa shape index (κ1) is 13.8. The molecule has 2 heterocycles. The summed E-state index contributed by atoms with van der Waals surface area (Å²) >= 11 is 6.32. The Balaban J connectivity index is 1.91. The minimum atomic E-state index is 0.220. The van der Waals surface area contributed by atoms with Crippen molar-refractivity contribution >= 4 is 22.5 Å². The van der Waals surface area contributed by atoms with Crippen LogP contribution in [0.25, 0.3) is 10.9 Å². The van der Waals surface area contributed by atoms with Gasteiger partial charge in [-0.05, 0) is 44.0 Å². The van der Waals surface area contributed by atoms with E-state index in [1.54, 1.807) is 0 Å². The Labute approximate surface area is 124 Å². The maximum absolute atomic E-state index is 9.40. The molecule has 1 N–H and O–H groups in total. The van der Waals surface area contributed by atoms with Crippen molar-refractivity contribution in [2.75, 3.05) is 13.2 Å². The van der Waals surface area contributed by atoms with E-state index in [4.69, 9.17) is 11.6 Å². The monoisotopic (exact) mass is 290 g/mol. The molecule has 0 spiro atoms. The molecule has 0 bridgehead atoms. The number of aromatic nitrogens is 1. The SMILES string of the molecule is Cc1ccc2cc(CN3CCC[C@@H]3CO)c(Cl)nc2c1. The van der Waals surface area contributed by atoms with Gasteiger partial charge in [-0.1, -0.05) is 23.7 Å². The molecule has 4 heteroatoms. The van der Waals surface area contributed by atoms with Crippen molar-refractivity contribution in [3.63, 3.8) is 0 Å². The second-order valence-corrected chi connectivity index (χ2v) is 5.94. The molecule has 1 aliphatic heterocycles. The molecular weight excluding hydrogens is 272 g/mol. The van der Waals surface area contributed by atoms with Gasteiger partial charge in [-0.15, -0.1) is 0 Å². The van der Waals surface area contributed by atoms with Crippen molar-refractivity contribution in [1.29, 1.82) is 0 Å². The molecule has 0 radical (unpaired) electrons. The zero-order valence-electron chi connectivity index (χ0n) is 11.6. The third kappa shape index (κ3) is 2.66. The molecule has 1 aromatic heterocycles. The fourth-order valence-electron chi connectivity index (χ4n) is 2.94. The first-order valence-corrected chi connectivity index (χ1v) is 7.46. The highest BCUT2D eigenvalue weighted by atomic mass is 35.5. The first-order chi connectivity index (χ1) is 9.67. The minimum Gasteiger partial charge on any atom is -0.395 e. The summed E-state index contributed by atoms with van der Waals surface area (Å²) in [6, 6.07) is 8.62. The molecule has 3 nitrogen and oxygen atoms in total. The summed E-state index contributed by atoms with van der Waals surface area (Å²) in [5, 5.41) is 11.1. The summed E-state index contributed by atoms with van der Waals surface area (Å²) in [4.78, 5) is 6.80. The number of aliphatic hydroxyl groups is 1. The van der Waals surface area contributed by atoms with Crippen LogP contribution in [0, 0.1) is 6.92 Å². The predicted molar refractivity (Wildman–Crippen MR) is 82.0 cm³/mol. The van der Waals surface area contributed by atoms with Gasteiger partial charge in [0.2, 0.25) is 0 Å². The van der Waals surface area contributed by atoms with Crippen LogP contribution in [0.4, 0.5) is 0 Å². The van der Waals surface area contributed by atoms with Crippen LogP contribution in [-0.2, 0) is 6.54 Å². The average molecular weight is 291 g/mol. The van der Waals surface area contributed by atoms with Crippen LogP contribution in [0.5, 0.6) is 0 Å². The number of pyridine rings is 1. The lowest BCUT2D eigenvalue weighted by molar-refractivity contribution is 0.153. The molecule has 0 unspecified atom stereocenters. The highest BCUT2D eigenvalue weighted by molar-refractivity contribution is 6.30. The van der Waals surface area contributed by atoms with Crippen LogP contribution in [0.2, 0.25) is 5.15 Å². The van der Waals surface area contributed by atoms with Gasteiger partial charge in [0, 0.05) is 23.5 Å². The highest BCUT2D eigenvalue weighted by Gasteiger charge is 2.24. The standard InChI is InChI=1S/C16H19ClN2O/c1-11-4-5-12-8-13(16(17)18-15(12)7-11)9-19-6-2-3-14(19)10-20/h4-5,7-8,14,20H,2-3,6,9-10H2,1H3/t14-/m1/s1. The summed E-state index contributed by atoms with van der Waals surface area (Å²) in [6.45, 7) is 4.06. The summed E-state index contributed by atoms with van der Waals surface area (Å²) in [7, 11) is 0. The Morgan fingerprint density at radius 3 is 3.05 bits per heavy atom. The number of aliphatic hydroxyl groups excluding tert-OH is 1. The molecule has 1 aliphatic rings. The van der Waals surface area contributed by atoms with Crippen LogP contribution in [-0.4, -0.2) is 34.2 Å². The lowest BCUT2D eigenvalue weighted by Crippen LogP contribution is -2.31. The predicted octanol–water partition coefficient (Wildman–Crippen LogP) is 3.15. The maximum atomic E-state index is 9.40. The molecule has 106 valence electrons. The molecule has 1 atom stereocenters. The Kier molecular flexibility index (Phi) is 3.92. The molecular formula is C16H19ClN2O. The van der Waals surface area contributed by atoms with E-state index in [0.717, 1.165) is 42.4 Å². The van der Waals surface area contributed by atoms with E-state index >= 15 is 0 Å². The van der Waals surface area contributed by atoms with Crippen LogP contribution >= 0.6 is 11.6 Å². The number of hydrogen-bond donors (Lipinski definition) is 1. The Hall–Kier alpha value is -1.16. The van der Waals surface area contributed by atoms with Gasteiger partial charge in [0.1, 0.15) is 5.15 Å². The van der Waals surface area contributed by atoms with E-state index in [2.05, 4.69) is 41.1 Å². The van der Waals surface area contributed by atoms with E-state index in [1.807, 2.05) is 0 Å². The molecule has 0 aliphatic carbocycles. The number of halogens is 1. The quantitative estimate of drug-likeness (QED) is 0.882. The molecule has 1 aromatic carbocycles. The number of aryl methyl sites for hydroxylation is 1. The second kappa shape index (κ2) is 5.68. The largest absolute Gasteiger partial charge is 0.395 e. The molecule has 0 amide bonds. The van der Waals surface area contributed by atoms with Gasteiger partial charge in [-0.3, -0.25) is 4.90 Å². The summed E-state index contributed by atoms with van der Waals surface area (Å²) in [6.07, 6.45) is 2.21. The number of nitrogens with zero attached hydrogens (tertiary/aromatic N) is 2. The molecule has 1 fully saturated rings. The number of hydrogen-bond acceptors (Lipinski definition) is 3. The lowest BCUT2D eigenvalue weighted by Gasteiger charge is -2.23. The summed E-state index contributed by atoms with van der Waals surface area (Å²) in [5.74, 6) is 0. The van der Waals surface area contributed by atoms with E-state index in [-0.39, 0.29) is 12.6 Å². The zero-order chi connectivity index (χ0) is 14.1. The van der Waals surface area contributed by atoms with E-state index < -0.39 is 0 Å². The Morgan fingerprint density at radius 1 is 1.40 bits per heavy atom. The van der Waals surface area contributed by atoms with Gasteiger partial charge >= 0.3 is 0 Å². The average Bonchev–Trinajstić information content (AvgIpc) is 2.87. The van der Waals surface area contributed by atoms with Gasteiger partial charge in [0.05, 0.1) is 12.1 Å². The van der Waals surface area contributed by atoms with Crippen molar-refractivity contribution in [2.24, 2.45) is 0 Å². The van der Waals surface area contributed by atoms with Crippen molar-refractivity contribution in [2.45, 2.75) is 32.4 Å². The smallest absolute Gasteiger partial charge is 0.134 e. The lowest BCUT2D eigenvalue weighted by atomic mass is 10.1. The van der Waals surface area contributed by atoms with Crippen LogP contribution < -0.4 is 0 Å². The van der Waals surface area contributed by atoms with Crippen molar-refractivity contribution in [3.05, 3.63) is 40.5 Å². The van der Waals surface area contributed by atoms with Crippen LogP contribution in [0.15, 0.2) is 24.3 Å². The number of benzene rings is 1. The summed E-state index contributed by atoms with van der Waals surface area (Å²) in [5.41, 5.74) is 3.18. The topological polar surface area (TPSA) is 36.4 Å². The van der Waals surface area contributed by atoms with Gasteiger partial charge < -0.3 is 5.11 Å². The number of fused-ring (bicyclic) bond motifs is 1. The van der Waals surface area contributed by atoms with Gasteiger partial charge in [-0.25, -0.2) is 4.98 Å². The fourth-order valence-corrected chi connectivity index (χ4v) is 3.14. The maximum Gasteiger partial charge on any atom is 0.134 e. The number of likely N-dealkylation sites (tertiary alicyclic amines) is 1. The van der Waals surface area contributed by atoms with Crippen molar-refractivity contribution < 1.29 is 5.11 Å². The van der Waals surface area contributed by atoms with Crippen molar-refractivity contribution in [3.8, 4) is 0 Å². The van der Waals surface area contributed by atoms with Crippen LogP contribution in [0.3, 0.4) is 0 Å². The van der Waals surface area contributed by atoms with E-state index in [0.29, 0.717) is 5.15 Å². The van der Waals surface area contributed by atoms with E-state index in [1.165, 1.54) is 5.56 Å². The highest BCUT2D eigenvalue weighted by Crippen LogP contribution is 2.26. The van der Waals surface area contributed by atoms with Gasteiger partial charge in [0.25, 0.3) is 0 Å². The molecule has 20 heavy (non-hydrogen) atoms. The van der Waals surface area contributed by atoms with Gasteiger partial charge in [0.15, 0.2) is 0 Å². The summed E-state index contributed by atoms with van der Waals surface area (Å²) < 4.78 is 0. The van der Waals surface area contributed by atoms with Crippen LogP contribution in [0.1, 0.15) is 24.0 Å². The van der Waals surface area contributed by atoms with Gasteiger partial charge in [-0.2, -0.15) is 0 Å². The van der Waals surface area contributed by atoms with E-state index in [9.17, 15) is 5.11 Å². The minimum absolute atomic E-state index is 0.220. The Bertz CT molecular complexity index is 629. The molecule has 1 saturated heterocycles. The first-order valence-electron chi connectivity index (χ1n) is 7.08. The third-order valence-electron chi connectivity index (χ3n) is 4.08. The zero-order valence-corrected chi connectivity index (χ0v) is 12.4.